The van der Waals surface area contributed by atoms with Crippen LogP contribution in [0.3, 0.4) is 0 Å². The van der Waals surface area contributed by atoms with Crippen molar-refractivity contribution in [3.05, 3.63) is 0 Å². The van der Waals surface area contributed by atoms with Crippen LogP contribution in [0.25, 0.3) is 0 Å². The minimum atomic E-state index is -2.93. The quantitative estimate of drug-likeness (QED) is 0.674. The van der Waals surface area contributed by atoms with Crippen LogP contribution in [0.4, 0.5) is 0 Å². The molecular weight excluding hydrogens is 194 g/mol. The van der Waals surface area contributed by atoms with Crippen molar-refractivity contribution in [3.63, 3.8) is 0 Å². The number of thioether (sulfide) groups is 1. The molecule has 0 aromatic heterocycles. The van der Waals surface area contributed by atoms with Crippen molar-refractivity contribution in [1.29, 1.82) is 0 Å². The Morgan fingerprint density at radius 3 is 2.75 bits per heavy atom. The summed E-state index contributed by atoms with van der Waals surface area (Å²) in [7, 11) is -2.93. The van der Waals surface area contributed by atoms with Gasteiger partial charge in [-0.25, -0.2) is 12.7 Å². The van der Waals surface area contributed by atoms with E-state index < -0.39 is 10.0 Å². The Bertz CT molecular complexity index is 238. The summed E-state index contributed by atoms with van der Waals surface area (Å²) in [6.45, 7) is 5.13. The van der Waals surface area contributed by atoms with E-state index in [1.165, 1.54) is 0 Å². The molecular formula is C7H15NO2S2. The van der Waals surface area contributed by atoms with Crippen LogP contribution >= 0.6 is 11.8 Å². The van der Waals surface area contributed by atoms with Crippen LogP contribution in [0.5, 0.6) is 0 Å². The predicted octanol–water partition coefficient (Wildman–Crippen LogP) is 0.773. The minimum absolute atomic E-state index is 0.227. The normalized spacial score (nSPS) is 27.3. The van der Waals surface area contributed by atoms with Gasteiger partial charge in [0.15, 0.2) is 0 Å². The van der Waals surface area contributed by atoms with Gasteiger partial charge in [0.05, 0.1) is 5.75 Å². The standard InChI is InChI=1S/C7H15NO2S2/c1-3-12(9,10)8-4-5-11-7(2)6-8/h7H,3-6H2,1-2H3. The summed E-state index contributed by atoms with van der Waals surface area (Å²) in [5.41, 5.74) is 0. The molecule has 1 fully saturated rings. The van der Waals surface area contributed by atoms with E-state index in [1.54, 1.807) is 11.2 Å². The minimum Gasteiger partial charge on any atom is -0.212 e. The Hall–Kier alpha value is 0.260. The van der Waals surface area contributed by atoms with Crippen molar-refractivity contribution < 1.29 is 8.42 Å². The van der Waals surface area contributed by atoms with Crippen LogP contribution in [0.2, 0.25) is 0 Å². The Labute approximate surface area is 78.6 Å². The predicted molar refractivity (Wildman–Crippen MR) is 53.0 cm³/mol. The highest BCUT2D eigenvalue weighted by atomic mass is 32.2. The zero-order valence-electron chi connectivity index (χ0n) is 7.49. The third kappa shape index (κ3) is 2.37. The second-order valence-corrected chi connectivity index (χ2v) is 6.74. The second-order valence-electron chi connectivity index (χ2n) is 2.94. The Kier molecular flexibility index (Phi) is 3.43. The first-order valence-corrected chi connectivity index (χ1v) is 6.81. The molecule has 0 spiro atoms. The van der Waals surface area contributed by atoms with Gasteiger partial charge in [-0.1, -0.05) is 6.92 Å². The fourth-order valence-electron chi connectivity index (χ4n) is 1.22. The highest BCUT2D eigenvalue weighted by Gasteiger charge is 2.25. The van der Waals surface area contributed by atoms with E-state index in [0.717, 1.165) is 5.75 Å². The number of nitrogens with zero attached hydrogens (tertiary/aromatic N) is 1. The molecule has 0 aliphatic carbocycles. The lowest BCUT2D eigenvalue weighted by atomic mass is 10.4. The van der Waals surface area contributed by atoms with Crippen molar-refractivity contribution in [3.8, 4) is 0 Å². The summed E-state index contributed by atoms with van der Waals surface area (Å²) in [6, 6.07) is 0. The van der Waals surface area contributed by atoms with Gasteiger partial charge in [0.1, 0.15) is 0 Å². The molecule has 1 heterocycles. The van der Waals surface area contributed by atoms with Crippen molar-refractivity contribution >= 4 is 21.8 Å². The van der Waals surface area contributed by atoms with Crippen LogP contribution in [-0.4, -0.2) is 42.6 Å². The highest BCUT2D eigenvalue weighted by molar-refractivity contribution is 8.00. The van der Waals surface area contributed by atoms with E-state index in [2.05, 4.69) is 6.92 Å². The fraction of sp³-hybridized carbons (Fsp3) is 1.00. The van der Waals surface area contributed by atoms with E-state index >= 15 is 0 Å². The largest absolute Gasteiger partial charge is 0.213 e. The molecule has 1 rings (SSSR count). The van der Waals surface area contributed by atoms with Crippen molar-refractivity contribution in [2.24, 2.45) is 0 Å². The molecule has 3 nitrogen and oxygen atoms in total. The van der Waals surface area contributed by atoms with Crippen LogP contribution in [-0.2, 0) is 10.0 Å². The second kappa shape index (κ2) is 3.98. The van der Waals surface area contributed by atoms with E-state index in [0.29, 0.717) is 18.3 Å². The van der Waals surface area contributed by atoms with Gasteiger partial charge in [-0.2, -0.15) is 11.8 Å². The smallest absolute Gasteiger partial charge is 0.212 e. The van der Waals surface area contributed by atoms with Crippen molar-refractivity contribution in [2.75, 3.05) is 24.6 Å². The maximum Gasteiger partial charge on any atom is 0.213 e. The zero-order chi connectivity index (χ0) is 9.19. The molecule has 0 radical (unpaired) electrons. The van der Waals surface area contributed by atoms with Gasteiger partial charge in [0.2, 0.25) is 10.0 Å². The average Bonchev–Trinajstić information content (AvgIpc) is 2.05. The Morgan fingerprint density at radius 2 is 2.25 bits per heavy atom. The summed E-state index contributed by atoms with van der Waals surface area (Å²) < 4.78 is 24.4. The lowest BCUT2D eigenvalue weighted by molar-refractivity contribution is 0.425. The van der Waals surface area contributed by atoms with Gasteiger partial charge in [-0.3, -0.25) is 0 Å². The first kappa shape index (κ1) is 10.3. The molecule has 0 bridgehead atoms. The first-order chi connectivity index (χ1) is 5.56. The molecule has 5 heteroatoms. The van der Waals surface area contributed by atoms with Gasteiger partial charge < -0.3 is 0 Å². The van der Waals surface area contributed by atoms with Gasteiger partial charge in [0, 0.05) is 24.1 Å². The van der Waals surface area contributed by atoms with Crippen molar-refractivity contribution in [1.82, 2.24) is 4.31 Å². The number of sulfonamides is 1. The highest BCUT2D eigenvalue weighted by Crippen LogP contribution is 2.19. The fourth-order valence-corrected chi connectivity index (χ4v) is 3.63. The molecule has 0 N–H and O–H groups in total. The van der Waals surface area contributed by atoms with Gasteiger partial charge in [-0.15, -0.1) is 0 Å². The van der Waals surface area contributed by atoms with Crippen LogP contribution < -0.4 is 0 Å². The van der Waals surface area contributed by atoms with Crippen molar-refractivity contribution in [2.45, 2.75) is 19.1 Å². The molecule has 1 unspecified atom stereocenters. The summed E-state index contributed by atoms with van der Waals surface area (Å²) in [4.78, 5) is 0. The maximum atomic E-state index is 11.4. The van der Waals surface area contributed by atoms with E-state index in [4.69, 9.17) is 0 Å². The SMILES string of the molecule is CCS(=O)(=O)N1CCSC(C)C1. The van der Waals surface area contributed by atoms with Gasteiger partial charge >= 0.3 is 0 Å². The Morgan fingerprint density at radius 1 is 1.58 bits per heavy atom. The molecule has 1 atom stereocenters. The van der Waals surface area contributed by atoms with E-state index in [9.17, 15) is 8.42 Å². The number of hydrogen-bond acceptors (Lipinski definition) is 3. The average molecular weight is 209 g/mol. The van der Waals surface area contributed by atoms with E-state index in [1.807, 2.05) is 11.8 Å². The molecule has 0 amide bonds. The van der Waals surface area contributed by atoms with Crippen LogP contribution in [0, 0.1) is 0 Å². The lowest BCUT2D eigenvalue weighted by Gasteiger charge is -2.29. The molecule has 0 aromatic carbocycles. The topological polar surface area (TPSA) is 37.4 Å². The van der Waals surface area contributed by atoms with Crippen LogP contribution in [0.15, 0.2) is 0 Å². The monoisotopic (exact) mass is 209 g/mol. The van der Waals surface area contributed by atoms with Gasteiger partial charge in [0.25, 0.3) is 0 Å². The summed E-state index contributed by atoms with van der Waals surface area (Å²) in [5, 5.41) is 0.445. The molecule has 72 valence electrons. The van der Waals surface area contributed by atoms with Gasteiger partial charge in [-0.05, 0) is 6.92 Å². The molecule has 0 aromatic rings. The number of rotatable bonds is 2. The molecule has 12 heavy (non-hydrogen) atoms. The molecule has 1 aliphatic heterocycles. The molecule has 1 aliphatic rings. The summed E-state index contributed by atoms with van der Waals surface area (Å²) in [6.07, 6.45) is 0. The number of hydrogen-bond donors (Lipinski definition) is 0. The first-order valence-electron chi connectivity index (χ1n) is 4.15. The zero-order valence-corrected chi connectivity index (χ0v) is 9.12. The summed E-state index contributed by atoms with van der Waals surface area (Å²) in [5.74, 6) is 1.16. The third-order valence-electron chi connectivity index (χ3n) is 1.96. The van der Waals surface area contributed by atoms with Crippen LogP contribution in [0.1, 0.15) is 13.8 Å². The summed E-state index contributed by atoms with van der Waals surface area (Å²) >= 11 is 1.84. The maximum absolute atomic E-state index is 11.4. The molecule has 1 saturated heterocycles. The Balaban J connectivity index is 2.63. The third-order valence-corrected chi connectivity index (χ3v) is 4.95. The molecule has 0 saturated carbocycles. The lowest BCUT2D eigenvalue weighted by Crippen LogP contribution is -2.41. The van der Waals surface area contributed by atoms with E-state index in [-0.39, 0.29) is 5.75 Å².